The van der Waals surface area contributed by atoms with E-state index in [0.29, 0.717) is 24.3 Å². The first-order chi connectivity index (χ1) is 16.8. The van der Waals surface area contributed by atoms with Crippen LogP contribution in [0.1, 0.15) is 59.8 Å². The Kier molecular flexibility index (Phi) is 6.78. The topological polar surface area (TPSA) is 100 Å². The van der Waals surface area contributed by atoms with Crippen LogP contribution in [0.25, 0.3) is 10.9 Å². The summed E-state index contributed by atoms with van der Waals surface area (Å²) in [5.41, 5.74) is -0.116. The zero-order valence-corrected chi connectivity index (χ0v) is 20.7. The Morgan fingerprint density at radius 2 is 1.86 bits per heavy atom. The van der Waals surface area contributed by atoms with Gasteiger partial charge in [-0.1, -0.05) is 0 Å². The van der Waals surface area contributed by atoms with Crippen LogP contribution in [0.2, 0.25) is 0 Å². The number of aryl methyl sites for hydroxylation is 2. The van der Waals surface area contributed by atoms with Gasteiger partial charge in [-0.25, -0.2) is 9.97 Å². The zero-order valence-electron chi connectivity index (χ0n) is 20.7. The monoisotopic (exact) mass is 503 g/mol. The molecule has 0 bridgehead atoms. The molecule has 1 saturated heterocycles. The molecule has 192 valence electrons. The Balaban J connectivity index is 1.63. The number of anilines is 1. The van der Waals surface area contributed by atoms with Crippen molar-refractivity contribution in [2.45, 2.75) is 59.0 Å². The van der Waals surface area contributed by atoms with Gasteiger partial charge in [0.1, 0.15) is 11.5 Å². The van der Waals surface area contributed by atoms with Gasteiger partial charge in [-0.05, 0) is 63.9 Å². The van der Waals surface area contributed by atoms with E-state index in [2.05, 4.69) is 20.3 Å². The molecule has 0 radical (unpaired) electrons. The Labute approximate surface area is 205 Å². The van der Waals surface area contributed by atoms with Crippen LogP contribution in [0.4, 0.5) is 18.9 Å². The molecule has 1 aliphatic heterocycles. The van der Waals surface area contributed by atoms with E-state index in [-0.39, 0.29) is 46.1 Å². The number of aromatic nitrogens is 3. The number of rotatable bonds is 4. The predicted octanol–water partition coefficient (Wildman–Crippen LogP) is 4.38. The smallest absolute Gasteiger partial charge is 0.377 e. The molecule has 3 atom stereocenters. The first kappa shape index (κ1) is 25.6. The molecule has 0 spiro atoms. The highest BCUT2D eigenvalue weighted by atomic mass is 19.4. The van der Waals surface area contributed by atoms with Crippen molar-refractivity contribution in [1.82, 2.24) is 19.9 Å². The minimum absolute atomic E-state index is 0.0213. The zero-order chi connectivity index (χ0) is 26.4. The third-order valence-electron chi connectivity index (χ3n) is 6.18. The van der Waals surface area contributed by atoms with Crippen LogP contribution < -0.4 is 10.9 Å². The molecule has 1 aliphatic rings. The molecule has 3 aromatic rings. The van der Waals surface area contributed by atoms with E-state index in [1.807, 2.05) is 13.8 Å². The van der Waals surface area contributed by atoms with Gasteiger partial charge in [-0.3, -0.25) is 9.59 Å². The average molecular weight is 504 g/mol. The summed E-state index contributed by atoms with van der Waals surface area (Å²) in [6.07, 6.45) is -3.38. The molecule has 0 aliphatic carbocycles. The van der Waals surface area contributed by atoms with Gasteiger partial charge < -0.3 is 19.9 Å². The van der Waals surface area contributed by atoms with Gasteiger partial charge in [0, 0.05) is 19.1 Å². The number of halogens is 3. The van der Waals surface area contributed by atoms with Crippen LogP contribution in [0, 0.1) is 13.8 Å². The molecule has 2 aromatic heterocycles. The first-order valence-corrected chi connectivity index (χ1v) is 11.6. The number of benzene rings is 1. The van der Waals surface area contributed by atoms with Crippen molar-refractivity contribution < 1.29 is 22.7 Å². The van der Waals surface area contributed by atoms with E-state index in [1.165, 1.54) is 19.2 Å². The number of carbonyl (C=O) groups excluding carboxylic acids is 1. The molecule has 11 heteroatoms. The van der Waals surface area contributed by atoms with Crippen LogP contribution in [0.15, 0.2) is 29.2 Å². The summed E-state index contributed by atoms with van der Waals surface area (Å²) in [5, 5.41) is 3.13. The SMILES string of the molecule is Cc1nc2cc(C(F)(F)F)c(C(C)Nc3cnc(C(=O)N4CC(C)OC(C)C4)cc3C)cc2c(=O)[nH]1. The summed E-state index contributed by atoms with van der Waals surface area (Å²) in [6.45, 7) is 9.54. The van der Waals surface area contributed by atoms with Gasteiger partial charge in [0.25, 0.3) is 11.5 Å². The number of pyridine rings is 1. The Hall–Kier alpha value is -3.47. The highest BCUT2D eigenvalue weighted by Crippen LogP contribution is 2.37. The maximum Gasteiger partial charge on any atom is 0.416 e. The molecular formula is C25H28F3N5O3. The third-order valence-corrected chi connectivity index (χ3v) is 6.18. The van der Waals surface area contributed by atoms with E-state index in [1.54, 1.807) is 24.8 Å². The molecule has 3 unspecified atom stereocenters. The van der Waals surface area contributed by atoms with Gasteiger partial charge >= 0.3 is 6.18 Å². The molecule has 1 aromatic carbocycles. The molecule has 4 rings (SSSR count). The van der Waals surface area contributed by atoms with Gasteiger partial charge in [0.05, 0.1) is 40.6 Å². The van der Waals surface area contributed by atoms with E-state index >= 15 is 0 Å². The fraction of sp³-hybridized carbons (Fsp3) is 0.440. The van der Waals surface area contributed by atoms with Gasteiger partial charge in [0.15, 0.2) is 0 Å². The number of nitrogens with one attached hydrogen (secondary N) is 2. The van der Waals surface area contributed by atoms with E-state index in [0.717, 1.165) is 6.07 Å². The predicted molar refractivity (Wildman–Crippen MR) is 129 cm³/mol. The van der Waals surface area contributed by atoms with E-state index in [9.17, 15) is 22.8 Å². The molecule has 1 amide bonds. The van der Waals surface area contributed by atoms with E-state index < -0.39 is 23.3 Å². The van der Waals surface area contributed by atoms with Crippen molar-refractivity contribution in [3.8, 4) is 0 Å². The molecule has 0 saturated carbocycles. The number of aromatic amines is 1. The van der Waals surface area contributed by atoms with Crippen LogP contribution >= 0.6 is 0 Å². The number of carbonyl (C=O) groups is 1. The second-order valence-electron chi connectivity index (χ2n) is 9.32. The van der Waals surface area contributed by atoms with Crippen molar-refractivity contribution in [3.63, 3.8) is 0 Å². The highest BCUT2D eigenvalue weighted by Gasteiger charge is 2.35. The molecule has 36 heavy (non-hydrogen) atoms. The van der Waals surface area contributed by atoms with Crippen molar-refractivity contribution >= 4 is 22.5 Å². The molecule has 2 N–H and O–H groups in total. The summed E-state index contributed by atoms with van der Waals surface area (Å²) in [5.74, 6) is 0.00693. The summed E-state index contributed by atoms with van der Waals surface area (Å²) in [7, 11) is 0. The van der Waals surface area contributed by atoms with E-state index in [4.69, 9.17) is 4.74 Å². The number of fused-ring (bicyclic) bond motifs is 1. The Morgan fingerprint density at radius 3 is 2.47 bits per heavy atom. The van der Waals surface area contributed by atoms with Gasteiger partial charge in [-0.15, -0.1) is 0 Å². The van der Waals surface area contributed by atoms with Gasteiger partial charge in [0.2, 0.25) is 0 Å². The number of hydrogen-bond acceptors (Lipinski definition) is 6. The number of alkyl halides is 3. The molecule has 1 fully saturated rings. The quantitative estimate of drug-likeness (QED) is 0.548. The number of hydrogen-bond donors (Lipinski definition) is 2. The third kappa shape index (κ3) is 5.20. The second kappa shape index (κ2) is 9.53. The average Bonchev–Trinajstić information content (AvgIpc) is 2.77. The largest absolute Gasteiger partial charge is 0.416 e. The lowest BCUT2D eigenvalue weighted by Crippen LogP contribution is -2.48. The van der Waals surface area contributed by atoms with Crippen molar-refractivity contribution in [3.05, 3.63) is 63.0 Å². The lowest BCUT2D eigenvalue weighted by atomic mass is 9.98. The van der Waals surface area contributed by atoms with Crippen LogP contribution in [0.5, 0.6) is 0 Å². The number of nitrogens with zero attached hydrogens (tertiary/aromatic N) is 3. The number of ether oxygens (including phenoxy) is 1. The van der Waals surface area contributed by atoms with Crippen LogP contribution in [-0.4, -0.2) is 51.1 Å². The summed E-state index contributed by atoms with van der Waals surface area (Å²) >= 11 is 0. The highest BCUT2D eigenvalue weighted by molar-refractivity contribution is 5.93. The normalized spacial score (nSPS) is 19.4. The summed E-state index contributed by atoms with van der Waals surface area (Å²) in [4.78, 5) is 37.9. The lowest BCUT2D eigenvalue weighted by Gasteiger charge is -2.35. The maximum absolute atomic E-state index is 13.9. The lowest BCUT2D eigenvalue weighted by molar-refractivity contribution is -0.138. The number of H-pyrrole nitrogens is 1. The summed E-state index contributed by atoms with van der Waals surface area (Å²) in [6, 6.07) is 2.92. The second-order valence-corrected chi connectivity index (χ2v) is 9.32. The van der Waals surface area contributed by atoms with Crippen LogP contribution in [-0.2, 0) is 10.9 Å². The van der Waals surface area contributed by atoms with Crippen molar-refractivity contribution in [2.24, 2.45) is 0 Å². The summed E-state index contributed by atoms with van der Waals surface area (Å²) < 4.78 is 47.4. The van der Waals surface area contributed by atoms with Crippen LogP contribution in [0.3, 0.4) is 0 Å². The number of amides is 1. The fourth-order valence-electron chi connectivity index (χ4n) is 4.56. The number of morpholine rings is 1. The maximum atomic E-state index is 13.9. The minimum Gasteiger partial charge on any atom is -0.377 e. The van der Waals surface area contributed by atoms with Gasteiger partial charge in [-0.2, -0.15) is 13.2 Å². The molecular weight excluding hydrogens is 475 g/mol. The van der Waals surface area contributed by atoms with Crippen molar-refractivity contribution in [1.29, 1.82) is 0 Å². The first-order valence-electron chi connectivity index (χ1n) is 11.6. The fourth-order valence-corrected chi connectivity index (χ4v) is 4.56. The minimum atomic E-state index is -4.65. The Morgan fingerprint density at radius 1 is 1.19 bits per heavy atom. The standard InChI is InChI=1S/C25H28F3N5O3/c1-12-6-21(24(35)33-10-13(2)36-14(3)11-33)29-9-22(12)30-15(4)17-7-18-20(8-19(17)25(26,27)28)31-16(5)32-23(18)34/h6-9,13-15,30H,10-11H2,1-5H3,(H,31,32,34). The molecule has 3 heterocycles. The molecule has 8 nitrogen and oxygen atoms in total. The Bertz CT molecular complexity index is 1360. The van der Waals surface area contributed by atoms with Crippen molar-refractivity contribution in [2.75, 3.05) is 18.4 Å².